The third kappa shape index (κ3) is 1.31. The Morgan fingerprint density at radius 2 is 2.15 bits per heavy atom. The molecule has 0 unspecified atom stereocenters. The van der Waals surface area contributed by atoms with Crippen molar-refractivity contribution in [1.82, 2.24) is 0 Å². The van der Waals surface area contributed by atoms with Crippen molar-refractivity contribution < 1.29 is 4.79 Å². The van der Waals surface area contributed by atoms with Gasteiger partial charge in [-0.15, -0.1) is 0 Å². The number of hydrogen-bond acceptors (Lipinski definition) is 1. The first-order valence-electron chi connectivity index (χ1n) is 4.50. The summed E-state index contributed by atoms with van der Waals surface area (Å²) in [4.78, 5) is 11.4. The molecule has 1 aromatic rings. The first-order valence-corrected chi connectivity index (χ1v) is 4.50. The second-order valence-corrected chi connectivity index (χ2v) is 3.58. The SMILES string of the molecule is C=C(C)c1ccc2c(c1)C(=O)CC2. The molecule has 13 heavy (non-hydrogen) atoms. The highest BCUT2D eigenvalue weighted by Crippen LogP contribution is 2.25. The Morgan fingerprint density at radius 3 is 2.85 bits per heavy atom. The minimum absolute atomic E-state index is 0.276. The Kier molecular flexibility index (Phi) is 1.80. The van der Waals surface area contributed by atoms with Crippen LogP contribution in [-0.4, -0.2) is 5.78 Å². The Morgan fingerprint density at radius 1 is 1.38 bits per heavy atom. The van der Waals surface area contributed by atoms with E-state index in [1.807, 2.05) is 25.1 Å². The van der Waals surface area contributed by atoms with Gasteiger partial charge in [-0.25, -0.2) is 0 Å². The van der Waals surface area contributed by atoms with Crippen LogP contribution in [0.5, 0.6) is 0 Å². The zero-order valence-corrected chi connectivity index (χ0v) is 7.76. The maximum Gasteiger partial charge on any atom is 0.163 e. The molecule has 0 aromatic heterocycles. The van der Waals surface area contributed by atoms with Gasteiger partial charge in [0.2, 0.25) is 0 Å². The fraction of sp³-hybridized carbons (Fsp3) is 0.250. The molecule has 0 radical (unpaired) electrons. The minimum Gasteiger partial charge on any atom is -0.294 e. The lowest BCUT2D eigenvalue weighted by Crippen LogP contribution is -1.92. The Hall–Kier alpha value is -1.37. The molecule has 0 N–H and O–H groups in total. The van der Waals surface area contributed by atoms with Crippen molar-refractivity contribution in [2.75, 3.05) is 0 Å². The topological polar surface area (TPSA) is 17.1 Å². The molecule has 1 aliphatic carbocycles. The maximum absolute atomic E-state index is 11.4. The van der Waals surface area contributed by atoms with Gasteiger partial charge in [-0.1, -0.05) is 24.3 Å². The van der Waals surface area contributed by atoms with Crippen LogP contribution < -0.4 is 0 Å². The van der Waals surface area contributed by atoms with Gasteiger partial charge in [0.1, 0.15) is 0 Å². The summed E-state index contributed by atoms with van der Waals surface area (Å²) < 4.78 is 0. The molecule has 0 heterocycles. The maximum atomic E-state index is 11.4. The molecule has 1 heteroatoms. The molecule has 1 aromatic carbocycles. The summed E-state index contributed by atoms with van der Waals surface area (Å²) in [6.07, 6.45) is 1.58. The van der Waals surface area contributed by atoms with Crippen molar-refractivity contribution in [2.24, 2.45) is 0 Å². The molecule has 0 bridgehead atoms. The molecule has 1 aliphatic rings. The van der Waals surface area contributed by atoms with Crippen LogP contribution in [0.2, 0.25) is 0 Å². The molecule has 66 valence electrons. The predicted octanol–water partition coefficient (Wildman–Crippen LogP) is 2.85. The van der Waals surface area contributed by atoms with Crippen LogP contribution in [0.3, 0.4) is 0 Å². The van der Waals surface area contributed by atoms with Gasteiger partial charge >= 0.3 is 0 Å². The van der Waals surface area contributed by atoms with E-state index < -0.39 is 0 Å². The van der Waals surface area contributed by atoms with Crippen molar-refractivity contribution in [3.05, 3.63) is 41.5 Å². The molecule has 2 rings (SSSR count). The Labute approximate surface area is 78.1 Å². The van der Waals surface area contributed by atoms with Crippen LogP contribution in [0.25, 0.3) is 5.57 Å². The summed E-state index contributed by atoms with van der Waals surface area (Å²) in [5.41, 5.74) is 4.19. The summed E-state index contributed by atoms with van der Waals surface area (Å²) in [5, 5.41) is 0. The van der Waals surface area contributed by atoms with Crippen molar-refractivity contribution in [2.45, 2.75) is 19.8 Å². The number of Topliss-reactive ketones (excluding diaryl/α,β-unsaturated/α-hetero) is 1. The van der Waals surface area contributed by atoms with Gasteiger partial charge in [-0.05, 0) is 30.5 Å². The molecule has 0 aliphatic heterocycles. The number of aryl methyl sites for hydroxylation is 1. The standard InChI is InChI=1S/C12H12O/c1-8(2)10-4-3-9-5-6-12(13)11(9)7-10/h3-4,7H,1,5-6H2,2H3. The van der Waals surface area contributed by atoms with Crippen LogP contribution >= 0.6 is 0 Å². The molecule has 0 amide bonds. The lowest BCUT2D eigenvalue weighted by atomic mass is 10.0. The highest BCUT2D eigenvalue weighted by atomic mass is 16.1. The number of benzene rings is 1. The monoisotopic (exact) mass is 172 g/mol. The quantitative estimate of drug-likeness (QED) is 0.636. The summed E-state index contributed by atoms with van der Waals surface area (Å²) in [7, 11) is 0. The van der Waals surface area contributed by atoms with Gasteiger partial charge < -0.3 is 0 Å². The average molecular weight is 172 g/mol. The van der Waals surface area contributed by atoms with Gasteiger partial charge in [-0.3, -0.25) is 4.79 Å². The van der Waals surface area contributed by atoms with E-state index in [2.05, 4.69) is 6.58 Å². The second-order valence-electron chi connectivity index (χ2n) is 3.58. The second kappa shape index (κ2) is 2.84. The lowest BCUT2D eigenvalue weighted by Gasteiger charge is -2.02. The highest BCUT2D eigenvalue weighted by Gasteiger charge is 2.19. The van der Waals surface area contributed by atoms with E-state index in [-0.39, 0.29) is 5.78 Å². The van der Waals surface area contributed by atoms with E-state index in [0.717, 1.165) is 23.1 Å². The zero-order valence-electron chi connectivity index (χ0n) is 7.76. The Balaban J connectivity index is 2.54. The zero-order chi connectivity index (χ0) is 9.42. The van der Waals surface area contributed by atoms with Crippen LogP contribution in [0.4, 0.5) is 0 Å². The lowest BCUT2D eigenvalue weighted by molar-refractivity contribution is 0.0994. The highest BCUT2D eigenvalue weighted by molar-refractivity contribution is 6.01. The van der Waals surface area contributed by atoms with E-state index in [0.29, 0.717) is 6.42 Å². The number of hydrogen-bond donors (Lipinski definition) is 0. The summed E-state index contributed by atoms with van der Waals surface area (Å²) in [6.45, 7) is 5.82. The van der Waals surface area contributed by atoms with E-state index in [4.69, 9.17) is 0 Å². The first kappa shape index (κ1) is 8.24. The third-order valence-electron chi connectivity index (χ3n) is 2.52. The van der Waals surface area contributed by atoms with Crippen molar-refractivity contribution in [3.8, 4) is 0 Å². The van der Waals surface area contributed by atoms with E-state index >= 15 is 0 Å². The van der Waals surface area contributed by atoms with Crippen molar-refractivity contribution >= 4 is 11.4 Å². The number of carbonyl (C=O) groups excluding carboxylic acids is 1. The smallest absolute Gasteiger partial charge is 0.163 e. The van der Waals surface area contributed by atoms with Crippen LogP contribution in [0.1, 0.15) is 34.8 Å². The first-order chi connectivity index (χ1) is 6.18. The minimum atomic E-state index is 0.276. The van der Waals surface area contributed by atoms with E-state index in [9.17, 15) is 4.79 Å². The number of carbonyl (C=O) groups is 1. The summed E-state index contributed by atoms with van der Waals surface area (Å²) >= 11 is 0. The predicted molar refractivity (Wildman–Crippen MR) is 53.8 cm³/mol. The summed E-state index contributed by atoms with van der Waals surface area (Å²) in [5.74, 6) is 0.276. The van der Waals surface area contributed by atoms with Crippen LogP contribution in [0.15, 0.2) is 24.8 Å². The van der Waals surface area contributed by atoms with E-state index in [1.165, 1.54) is 5.56 Å². The van der Waals surface area contributed by atoms with Gasteiger partial charge in [0.25, 0.3) is 0 Å². The van der Waals surface area contributed by atoms with Crippen LogP contribution in [0, 0.1) is 0 Å². The fourth-order valence-corrected chi connectivity index (χ4v) is 1.70. The Bertz CT molecular complexity index is 388. The van der Waals surface area contributed by atoms with Gasteiger partial charge in [0, 0.05) is 12.0 Å². The molecule has 0 spiro atoms. The number of fused-ring (bicyclic) bond motifs is 1. The molecule has 1 nitrogen and oxygen atoms in total. The third-order valence-corrected chi connectivity index (χ3v) is 2.52. The fourth-order valence-electron chi connectivity index (χ4n) is 1.70. The largest absolute Gasteiger partial charge is 0.294 e. The van der Waals surface area contributed by atoms with Gasteiger partial charge in [-0.2, -0.15) is 0 Å². The average Bonchev–Trinajstić information content (AvgIpc) is 2.47. The van der Waals surface area contributed by atoms with Gasteiger partial charge in [0.15, 0.2) is 5.78 Å². The molecular weight excluding hydrogens is 160 g/mol. The van der Waals surface area contributed by atoms with E-state index in [1.54, 1.807) is 0 Å². The molecule has 0 atom stereocenters. The number of ketones is 1. The number of allylic oxidation sites excluding steroid dienone is 1. The molecule has 0 saturated heterocycles. The van der Waals surface area contributed by atoms with Crippen molar-refractivity contribution in [1.29, 1.82) is 0 Å². The van der Waals surface area contributed by atoms with Gasteiger partial charge in [0.05, 0.1) is 0 Å². The normalized spacial score (nSPS) is 14.4. The molecule has 0 saturated carbocycles. The molecule has 0 fully saturated rings. The number of rotatable bonds is 1. The van der Waals surface area contributed by atoms with Crippen LogP contribution in [-0.2, 0) is 6.42 Å². The van der Waals surface area contributed by atoms with Crippen molar-refractivity contribution in [3.63, 3.8) is 0 Å². The summed E-state index contributed by atoms with van der Waals surface area (Å²) in [6, 6.07) is 6.05. The molecular formula is C12H12O.